The van der Waals surface area contributed by atoms with Crippen LogP contribution in [0.25, 0.3) is 0 Å². The molecule has 0 fully saturated rings. The Morgan fingerprint density at radius 2 is 1.86 bits per heavy atom. The normalized spacial score (nSPS) is 15.7. The van der Waals surface area contributed by atoms with E-state index in [0.717, 1.165) is 17.5 Å². The van der Waals surface area contributed by atoms with Crippen molar-refractivity contribution in [2.75, 3.05) is 13.7 Å². The quantitative estimate of drug-likeness (QED) is 0.789. The van der Waals surface area contributed by atoms with E-state index in [-0.39, 0.29) is 18.4 Å². The van der Waals surface area contributed by atoms with Gasteiger partial charge in [0.15, 0.2) is 0 Å². The van der Waals surface area contributed by atoms with Crippen LogP contribution in [0.15, 0.2) is 36.4 Å². The van der Waals surface area contributed by atoms with Gasteiger partial charge in [-0.3, -0.25) is 4.79 Å². The number of rotatable bonds is 4. The average Bonchev–Trinajstić information content (AvgIpc) is 2.69. The van der Waals surface area contributed by atoms with Crippen molar-refractivity contribution < 1.29 is 14.3 Å². The predicted molar refractivity (Wildman–Crippen MR) is 110 cm³/mol. The predicted octanol–water partition coefficient (Wildman–Crippen LogP) is 4.54. The highest BCUT2D eigenvalue weighted by Crippen LogP contribution is 2.33. The van der Waals surface area contributed by atoms with Gasteiger partial charge in [-0.05, 0) is 47.7 Å². The Hall–Kier alpha value is -2.24. The van der Waals surface area contributed by atoms with Gasteiger partial charge >= 0.3 is 6.09 Å². The summed E-state index contributed by atoms with van der Waals surface area (Å²) in [5.74, 6) is -0.00811. The molecule has 2 aromatic carbocycles. The summed E-state index contributed by atoms with van der Waals surface area (Å²) < 4.78 is 4.64. The average molecular weight is 421 g/mol. The van der Waals surface area contributed by atoms with E-state index in [0.29, 0.717) is 28.7 Å². The molecule has 1 N–H and O–H groups in total. The van der Waals surface area contributed by atoms with Crippen molar-refractivity contribution in [2.45, 2.75) is 32.4 Å². The summed E-state index contributed by atoms with van der Waals surface area (Å²) in [6.45, 7) is 3.01. The molecule has 2 amide bonds. The lowest BCUT2D eigenvalue weighted by atomic mass is 9.89. The van der Waals surface area contributed by atoms with Crippen LogP contribution in [-0.4, -0.2) is 30.6 Å². The molecule has 2 aromatic rings. The number of ether oxygens (including phenoxy) is 1. The van der Waals surface area contributed by atoms with Crippen LogP contribution in [0.3, 0.4) is 0 Å². The number of methoxy groups -OCH3 is 1. The lowest BCUT2D eigenvalue weighted by Crippen LogP contribution is -2.40. The molecule has 148 valence electrons. The summed E-state index contributed by atoms with van der Waals surface area (Å²) >= 11 is 12.4. The molecule has 0 aromatic heterocycles. The van der Waals surface area contributed by atoms with Crippen LogP contribution in [0, 0.1) is 0 Å². The van der Waals surface area contributed by atoms with Gasteiger partial charge in [-0.1, -0.05) is 47.5 Å². The third-order valence-corrected chi connectivity index (χ3v) is 5.86. The molecule has 0 unspecified atom stereocenters. The fourth-order valence-corrected chi connectivity index (χ4v) is 4.18. The summed E-state index contributed by atoms with van der Waals surface area (Å²) in [5, 5.41) is 3.73. The van der Waals surface area contributed by atoms with Gasteiger partial charge in [0, 0.05) is 23.1 Å². The minimum Gasteiger partial charge on any atom is -0.453 e. The number of alkyl carbamates (subject to hydrolysis) is 1. The second kappa shape index (κ2) is 8.84. The van der Waals surface area contributed by atoms with E-state index in [4.69, 9.17) is 23.2 Å². The summed E-state index contributed by atoms with van der Waals surface area (Å²) in [4.78, 5) is 26.2. The first-order chi connectivity index (χ1) is 13.4. The highest BCUT2D eigenvalue weighted by atomic mass is 35.5. The summed E-state index contributed by atoms with van der Waals surface area (Å²) in [6, 6.07) is 11.1. The molecule has 0 radical (unpaired) electrons. The fourth-order valence-electron chi connectivity index (χ4n) is 3.64. The van der Waals surface area contributed by atoms with Gasteiger partial charge in [0.2, 0.25) is 5.91 Å². The summed E-state index contributed by atoms with van der Waals surface area (Å²) in [5.41, 5.74) is 3.96. The van der Waals surface area contributed by atoms with Crippen molar-refractivity contribution in [1.82, 2.24) is 10.2 Å². The van der Waals surface area contributed by atoms with E-state index >= 15 is 0 Å². The van der Waals surface area contributed by atoms with E-state index in [9.17, 15) is 9.59 Å². The standard InChI is InChI=1S/C21H22Cl2N2O3/c1-13-15-6-3-5-14(12-24-21(27)28-2)16(15)9-10-25(13)20(26)11-17-18(22)7-4-8-19(17)23/h3-8,13H,9-12H2,1-2H3,(H,24,27)/t13-/m0/s1. The number of nitrogens with one attached hydrogen (secondary N) is 1. The van der Waals surface area contributed by atoms with Crippen LogP contribution >= 0.6 is 23.2 Å². The van der Waals surface area contributed by atoms with Crippen LogP contribution < -0.4 is 5.32 Å². The topological polar surface area (TPSA) is 58.6 Å². The third-order valence-electron chi connectivity index (χ3n) is 5.15. The van der Waals surface area contributed by atoms with Crippen LogP contribution in [0.2, 0.25) is 10.0 Å². The molecule has 5 nitrogen and oxygen atoms in total. The lowest BCUT2D eigenvalue weighted by Gasteiger charge is -2.36. The first-order valence-corrected chi connectivity index (χ1v) is 9.82. The molecule has 0 bridgehead atoms. The Balaban J connectivity index is 1.78. The molecule has 7 heteroatoms. The van der Waals surface area contributed by atoms with E-state index in [1.165, 1.54) is 12.7 Å². The number of amides is 2. The van der Waals surface area contributed by atoms with Crippen molar-refractivity contribution >= 4 is 35.2 Å². The zero-order valence-corrected chi connectivity index (χ0v) is 17.3. The second-order valence-corrected chi connectivity index (χ2v) is 7.53. The molecule has 1 aliphatic heterocycles. The number of hydrogen-bond donors (Lipinski definition) is 1. The highest BCUT2D eigenvalue weighted by Gasteiger charge is 2.29. The second-order valence-electron chi connectivity index (χ2n) is 6.72. The molecule has 1 heterocycles. The Morgan fingerprint density at radius 3 is 2.54 bits per heavy atom. The van der Waals surface area contributed by atoms with E-state index in [1.54, 1.807) is 18.2 Å². The number of halogens is 2. The van der Waals surface area contributed by atoms with E-state index < -0.39 is 6.09 Å². The first kappa shape index (κ1) is 20.5. The van der Waals surface area contributed by atoms with Gasteiger partial charge in [-0.15, -0.1) is 0 Å². The van der Waals surface area contributed by atoms with Gasteiger partial charge in [0.1, 0.15) is 0 Å². The smallest absolute Gasteiger partial charge is 0.407 e. The summed E-state index contributed by atoms with van der Waals surface area (Å²) in [7, 11) is 1.34. The Morgan fingerprint density at radius 1 is 1.18 bits per heavy atom. The molecule has 0 spiro atoms. The number of benzene rings is 2. The van der Waals surface area contributed by atoms with Crippen molar-refractivity contribution in [3.05, 3.63) is 68.7 Å². The van der Waals surface area contributed by atoms with Crippen molar-refractivity contribution in [2.24, 2.45) is 0 Å². The molecule has 0 saturated heterocycles. The Labute approximate surface area is 174 Å². The molecular weight excluding hydrogens is 399 g/mol. The zero-order valence-electron chi connectivity index (χ0n) is 15.8. The highest BCUT2D eigenvalue weighted by molar-refractivity contribution is 6.36. The Bertz CT molecular complexity index is 881. The number of fused-ring (bicyclic) bond motifs is 1. The number of hydrogen-bond acceptors (Lipinski definition) is 3. The zero-order chi connectivity index (χ0) is 20.3. The lowest BCUT2D eigenvalue weighted by molar-refractivity contribution is -0.133. The van der Waals surface area contributed by atoms with Gasteiger partial charge in [-0.2, -0.15) is 0 Å². The minimum absolute atomic E-state index is 0.00811. The monoisotopic (exact) mass is 420 g/mol. The fraction of sp³-hybridized carbons (Fsp3) is 0.333. The Kier molecular flexibility index (Phi) is 6.47. The van der Waals surface area contributed by atoms with Gasteiger partial charge in [-0.25, -0.2) is 4.79 Å². The summed E-state index contributed by atoms with van der Waals surface area (Å²) in [6.07, 6.45) is 0.428. The maximum absolute atomic E-state index is 13.0. The SMILES string of the molecule is COC(=O)NCc1cccc2c1CCN(C(=O)Cc1c(Cl)cccc1Cl)[C@H]2C. The molecule has 0 aliphatic carbocycles. The van der Waals surface area contributed by atoms with Crippen molar-refractivity contribution in [3.8, 4) is 0 Å². The van der Waals surface area contributed by atoms with E-state index in [1.807, 2.05) is 30.0 Å². The number of nitrogens with zero attached hydrogens (tertiary/aromatic N) is 1. The molecule has 1 aliphatic rings. The maximum atomic E-state index is 13.0. The maximum Gasteiger partial charge on any atom is 0.407 e. The number of carbonyl (C=O) groups is 2. The number of carbonyl (C=O) groups excluding carboxylic acids is 2. The molecule has 1 atom stereocenters. The van der Waals surface area contributed by atoms with Gasteiger partial charge in [0.05, 0.1) is 19.6 Å². The van der Waals surface area contributed by atoms with Crippen molar-refractivity contribution in [3.63, 3.8) is 0 Å². The van der Waals surface area contributed by atoms with Crippen molar-refractivity contribution in [1.29, 1.82) is 0 Å². The molecule has 3 rings (SSSR count). The van der Waals surface area contributed by atoms with E-state index in [2.05, 4.69) is 10.1 Å². The molecule has 28 heavy (non-hydrogen) atoms. The third kappa shape index (κ3) is 4.26. The molecular formula is C21H22Cl2N2O3. The minimum atomic E-state index is -0.463. The van der Waals surface area contributed by atoms with Crippen LogP contribution in [-0.2, 0) is 28.9 Å². The van der Waals surface area contributed by atoms with Gasteiger partial charge in [0.25, 0.3) is 0 Å². The molecule has 0 saturated carbocycles. The van der Waals surface area contributed by atoms with Crippen LogP contribution in [0.1, 0.15) is 35.2 Å². The largest absolute Gasteiger partial charge is 0.453 e. The van der Waals surface area contributed by atoms with Crippen LogP contribution in [0.4, 0.5) is 4.79 Å². The first-order valence-electron chi connectivity index (χ1n) is 9.07. The van der Waals surface area contributed by atoms with Crippen LogP contribution in [0.5, 0.6) is 0 Å². The van der Waals surface area contributed by atoms with Gasteiger partial charge < -0.3 is 15.0 Å².